The smallest absolute Gasteiger partial charge is 0.165 e. The molecule has 0 radical (unpaired) electrons. The third-order valence-electron chi connectivity index (χ3n) is 1.56. The topological polar surface area (TPSA) is 115 Å². The Morgan fingerprint density at radius 3 is 2.00 bits per heavy atom. The number of anilines is 1. The summed E-state index contributed by atoms with van der Waals surface area (Å²) in [6.07, 6.45) is 0. The van der Waals surface area contributed by atoms with Gasteiger partial charge in [0.25, 0.3) is 0 Å². The van der Waals surface area contributed by atoms with Crippen molar-refractivity contribution in [1.29, 1.82) is 5.53 Å². The van der Waals surface area contributed by atoms with Crippen LogP contribution in [0, 0.1) is 5.53 Å². The molecule has 0 aliphatic heterocycles. The number of hydrazine groups is 1. The van der Waals surface area contributed by atoms with Crippen LogP contribution in [-0.2, 0) is 0 Å². The van der Waals surface area contributed by atoms with Crippen LogP contribution in [0.1, 0.15) is 0 Å². The average molecular weight is 310 g/mol. The molecule has 0 bridgehead atoms. The predicted molar refractivity (Wildman–Crippen MR) is 66.9 cm³/mol. The molecule has 0 heterocycles. The molecular weight excluding hydrogens is 302 g/mol. The number of halogens is 4. The molecule has 0 aromatic heterocycles. The van der Waals surface area contributed by atoms with E-state index in [1.54, 1.807) is 0 Å². The summed E-state index contributed by atoms with van der Waals surface area (Å²) in [5.41, 5.74) is 8.34. The number of rotatable bonds is 2. The second kappa shape index (κ2) is 6.82. The number of nitrogens with zero attached hydrogens (tertiary/aromatic N) is 1. The van der Waals surface area contributed by atoms with Crippen molar-refractivity contribution >= 4 is 59.4 Å². The number of nitrogens with one attached hydrogen (secondary N) is 2. The summed E-state index contributed by atoms with van der Waals surface area (Å²) in [6, 6.07) is 0. The van der Waals surface area contributed by atoms with Crippen molar-refractivity contribution in [3.63, 3.8) is 0 Å². The van der Waals surface area contributed by atoms with Crippen molar-refractivity contribution in [2.24, 2.45) is 11.0 Å². The van der Waals surface area contributed by atoms with E-state index in [-0.39, 0.29) is 46.2 Å². The predicted octanol–water partition coefficient (Wildman–Crippen LogP) is 3.20. The average Bonchev–Trinajstić information content (AvgIpc) is 2.17. The fourth-order valence-corrected chi connectivity index (χ4v) is 1.35. The molecule has 0 aliphatic rings. The number of hydrogen-bond acceptors (Lipinski definition) is 6. The molecule has 6 nitrogen and oxygen atoms in total. The second-order valence-electron chi connectivity index (χ2n) is 2.30. The lowest BCUT2D eigenvalue weighted by molar-refractivity contribution is 0.463. The molecule has 0 saturated heterocycles. The van der Waals surface area contributed by atoms with Gasteiger partial charge in [-0.15, -0.1) is 24.8 Å². The zero-order valence-corrected chi connectivity index (χ0v) is 10.6. The third-order valence-corrected chi connectivity index (χ3v) is 2.29. The van der Waals surface area contributed by atoms with Gasteiger partial charge in [0.2, 0.25) is 0 Å². The molecule has 92 valence electrons. The first-order valence-electron chi connectivity index (χ1n) is 3.31. The lowest BCUT2D eigenvalue weighted by atomic mass is 10.2. The van der Waals surface area contributed by atoms with Crippen molar-refractivity contribution in [1.82, 2.24) is 0 Å². The summed E-state index contributed by atoms with van der Waals surface area (Å²) in [5.74, 6) is 4.05. The van der Waals surface area contributed by atoms with Crippen LogP contribution < -0.4 is 11.3 Å². The van der Waals surface area contributed by atoms with Gasteiger partial charge in [-0.25, -0.2) is 5.53 Å². The second-order valence-corrected chi connectivity index (χ2v) is 3.06. The Labute approximate surface area is 113 Å². The number of aromatic hydroxyl groups is 2. The molecule has 1 aromatic rings. The molecule has 10 heteroatoms. The normalized spacial score (nSPS) is 8.69. The first kappa shape index (κ1) is 17.7. The van der Waals surface area contributed by atoms with Crippen LogP contribution in [-0.4, -0.2) is 10.2 Å². The van der Waals surface area contributed by atoms with Gasteiger partial charge in [0.1, 0.15) is 15.7 Å². The van der Waals surface area contributed by atoms with E-state index in [1.807, 2.05) is 0 Å². The van der Waals surface area contributed by atoms with E-state index >= 15 is 0 Å². The summed E-state index contributed by atoms with van der Waals surface area (Å²) in [4.78, 5) is 0. The van der Waals surface area contributed by atoms with Crippen LogP contribution in [0.5, 0.6) is 11.5 Å². The quantitative estimate of drug-likeness (QED) is 0.190. The molecule has 1 aromatic carbocycles. The first-order valence-corrected chi connectivity index (χ1v) is 4.07. The highest BCUT2D eigenvalue weighted by Gasteiger charge is 2.20. The Kier molecular flexibility index (Phi) is 7.56. The molecule has 1 rings (SSSR count). The molecule has 0 spiro atoms. The maximum absolute atomic E-state index is 9.40. The molecule has 0 amide bonds. The van der Waals surface area contributed by atoms with Gasteiger partial charge in [0, 0.05) is 0 Å². The summed E-state index contributed by atoms with van der Waals surface area (Å²) >= 11 is 11.2. The number of phenolic OH excluding ortho intramolecular Hbond substituents is 2. The van der Waals surface area contributed by atoms with E-state index in [0.29, 0.717) is 0 Å². The standard InChI is InChI=1S/C6H6Cl2N4O2.2ClH/c7-1-3(11-9)6(14)2(8)4(12-10)5(1)13;;/h9,12-14H,10H2;2*1H. The van der Waals surface area contributed by atoms with Crippen LogP contribution >= 0.6 is 48.0 Å². The van der Waals surface area contributed by atoms with Gasteiger partial charge in [0.15, 0.2) is 17.2 Å². The monoisotopic (exact) mass is 308 g/mol. The Hall–Kier alpha value is -0.660. The van der Waals surface area contributed by atoms with Gasteiger partial charge in [-0.2, -0.15) is 5.11 Å². The van der Waals surface area contributed by atoms with Crippen LogP contribution in [0.15, 0.2) is 5.11 Å². The third kappa shape index (κ3) is 2.72. The Bertz CT molecular complexity index is 372. The lowest BCUT2D eigenvalue weighted by Gasteiger charge is -2.11. The fourth-order valence-electron chi connectivity index (χ4n) is 0.886. The van der Waals surface area contributed by atoms with E-state index in [2.05, 4.69) is 10.5 Å². The van der Waals surface area contributed by atoms with Gasteiger partial charge in [0.05, 0.1) is 0 Å². The number of nitrogen functional groups attached to an aromatic ring is 1. The maximum atomic E-state index is 9.40. The molecule has 0 aliphatic carbocycles. The number of phenols is 2. The minimum absolute atomic E-state index is 0. The van der Waals surface area contributed by atoms with Gasteiger partial charge in [-0.05, 0) is 0 Å². The van der Waals surface area contributed by atoms with E-state index in [4.69, 9.17) is 34.6 Å². The highest BCUT2D eigenvalue weighted by atomic mass is 35.5. The lowest BCUT2D eigenvalue weighted by Crippen LogP contribution is -2.07. The van der Waals surface area contributed by atoms with Gasteiger partial charge < -0.3 is 15.6 Å². The van der Waals surface area contributed by atoms with Gasteiger partial charge in [-0.3, -0.25) is 5.84 Å². The molecule has 6 N–H and O–H groups in total. The largest absolute Gasteiger partial charge is 0.504 e. The Balaban J connectivity index is 0. The molecule has 0 atom stereocenters. The van der Waals surface area contributed by atoms with Crippen LogP contribution in [0.4, 0.5) is 11.4 Å². The van der Waals surface area contributed by atoms with E-state index in [9.17, 15) is 10.2 Å². The molecule has 16 heavy (non-hydrogen) atoms. The van der Waals surface area contributed by atoms with Crippen molar-refractivity contribution in [2.75, 3.05) is 5.43 Å². The zero-order valence-electron chi connectivity index (χ0n) is 7.49. The molecule has 0 saturated carbocycles. The van der Waals surface area contributed by atoms with Gasteiger partial charge >= 0.3 is 0 Å². The SMILES string of the molecule is Cl.Cl.N=Nc1c(O)c(Cl)c(NN)c(O)c1Cl. The number of benzene rings is 1. The van der Waals surface area contributed by atoms with Crippen LogP contribution in [0.2, 0.25) is 10.0 Å². The van der Waals surface area contributed by atoms with E-state index < -0.39 is 11.5 Å². The molecule has 0 unspecified atom stereocenters. The van der Waals surface area contributed by atoms with Crippen molar-refractivity contribution < 1.29 is 10.2 Å². The molecular formula is C6H8Cl4N4O2. The van der Waals surface area contributed by atoms with Crippen molar-refractivity contribution in [2.45, 2.75) is 0 Å². The van der Waals surface area contributed by atoms with Crippen LogP contribution in [0.25, 0.3) is 0 Å². The highest BCUT2D eigenvalue weighted by molar-refractivity contribution is 6.40. The number of hydrogen-bond donors (Lipinski definition) is 5. The van der Waals surface area contributed by atoms with Gasteiger partial charge in [-0.1, -0.05) is 23.2 Å². The first-order chi connectivity index (χ1) is 6.54. The van der Waals surface area contributed by atoms with Crippen LogP contribution in [0.3, 0.4) is 0 Å². The highest BCUT2D eigenvalue weighted by Crippen LogP contribution is 2.50. The fraction of sp³-hybridized carbons (Fsp3) is 0. The maximum Gasteiger partial charge on any atom is 0.165 e. The summed E-state index contributed by atoms with van der Waals surface area (Å²) in [7, 11) is 0. The van der Waals surface area contributed by atoms with E-state index in [1.165, 1.54) is 0 Å². The van der Waals surface area contributed by atoms with Crippen molar-refractivity contribution in [3.8, 4) is 11.5 Å². The summed E-state index contributed by atoms with van der Waals surface area (Å²) < 4.78 is 0. The minimum Gasteiger partial charge on any atom is -0.504 e. The summed E-state index contributed by atoms with van der Waals surface area (Å²) in [5, 5.41) is 21.2. The van der Waals surface area contributed by atoms with Crippen molar-refractivity contribution in [3.05, 3.63) is 10.0 Å². The zero-order chi connectivity index (χ0) is 10.9. The Morgan fingerprint density at radius 2 is 1.62 bits per heavy atom. The van der Waals surface area contributed by atoms with E-state index in [0.717, 1.165) is 0 Å². The number of nitrogens with two attached hydrogens (primary N) is 1. The Morgan fingerprint density at radius 1 is 1.12 bits per heavy atom. The minimum atomic E-state index is -0.516. The molecule has 0 fully saturated rings. The summed E-state index contributed by atoms with van der Waals surface area (Å²) in [6.45, 7) is 0.